The topological polar surface area (TPSA) is 85.8 Å². The van der Waals surface area contributed by atoms with Gasteiger partial charge in [-0.3, -0.25) is 14.7 Å². The molecule has 2 amide bonds. The van der Waals surface area contributed by atoms with E-state index in [1.807, 2.05) is 24.0 Å². The number of carbonyl (C=O) groups excluding carboxylic acids is 1. The van der Waals surface area contributed by atoms with E-state index in [1.165, 1.54) is 0 Å². The van der Waals surface area contributed by atoms with Crippen molar-refractivity contribution in [1.82, 2.24) is 20.1 Å². The number of nitrogens with one attached hydrogen (secondary N) is 1. The van der Waals surface area contributed by atoms with Gasteiger partial charge in [-0.15, -0.1) is 0 Å². The fraction of sp³-hybridized carbons (Fsp3) is 0.500. The van der Waals surface area contributed by atoms with Crippen LogP contribution in [0.25, 0.3) is 0 Å². The lowest BCUT2D eigenvalue weighted by Crippen LogP contribution is -2.52. The van der Waals surface area contributed by atoms with E-state index in [4.69, 9.17) is 5.11 Å². The average molecular weight is 292 g/mol. The second kappa shape index (κ2) is 7.03. The predicted molar refractivity (Wildman–Crippen MR) is 76.9 cm³/mol. The number of aromatic nitrogens is 1. The highest BCUT2D eigenvalue weighted by Gasteiger charge is 2.22. The van der Waals surface area contributed by atoms with E-state index in [-0.39, 0.29) is 12.6 Å². The van der Waals surface area contributed by atoms with Gasteiger partial charge in [-0.2, -0.15) is 0 Å². The molecule has 0 radical (unpaired) electrons. The van der Waals surface area contributed by atoms with Crippen molar-refractivity contribution in [2.75, 3.05) is 32.7 Å². The quantitative estimate of drug-likeness (QED) is 0.834. The van der Waals surface area contributed by atoms with Crippen LogP contribution in [0.3, 0.4) is 0 Å². The van der Waals surface area contributed by atoms with Crippen molar-refractivity contribution in [2.24, 2.45) is 0 Å². The summed E-state index contributed by atoms with van der Waals surface area (Å²) in [5.41, 5.74) is 1.90. The van der Waals surface area contributed by atoms with Crippen LogP contribution in [0.5, 0.6) is 0 Å². The van der Waals surface area contributed by atoms with Crippen LogP contribution in [0.4, 0.5) is 4.79 Å². The predicted octanol–water partition coefficient (Wildman–Crippen LogP) is 0.302. The van der Waals surface area contributed by atoms with Gasteiger partial charge in [0.15, 0.2) is 0 Å². The minimum absolute atomic E-state index is 0.0303. The molecule has 0 saturated carbocycles. The number of aryl methyl sites for hydroxylation is 1. The molecule has 0 atom stereocenters. The molecule has 0 aromatic carbocycles. The molecular formula is C14H20N4O3. The summed E-state index contributed by atoms with van der Waals surface area (Å²) in [6, 6.07) is 3.69. The molecule has 2 rings (SSSR count). The second-order valence-corrected chi connectivity index (χ2v) is 5.08. The van der Waals surface area contributed by atoms with Crippen molar-refractivity contribution in [2.45, 2.75) is 13.5 Å². The average Bonchev–Trinajstić information content (AvgIpc) is 2.46. The minimum Gasteiger partial charge on any atom is -0.480 e. The molecule has 1 fully saturated rings. The van der Waals surface area contributed by atoms with Crippen LogP contribution in [0, 0.1) is 6.92 Å². The fourth-order valence-electron chi connectivity index (χ4n) is 2.27. The van der Waals surface area contributed by atoms with Crippen LogP contribution in [-0.4, -0.2) is 64.6 Å². The molecule has 0 aliphatic carbocycles. The summed E-state index contributed by atoms with van der Waals surface area (Å²) < 4.78 is 0. The number of carbonyl (C=O) groups is 2. The van der Waals surface area contributed by atoms with Gasteiger partial charge in [0.05, 0.1) is 18.8 Å². The maximum Gasteiger partial charge on any atom is 0.317 e. The Bertz CT molecular complexity index is 513. The van der Waals surface area contributed by atoms with Gasteiger partial charge in [-0.05, 0) is 18.6 Å². The zero-order valence-corrected chi connectivity index (χ0v) is 12.1. The second-order valence-electron chi connectivity index (χ2n) is 5.08. The van der Waals surface area contributed by atoms with E-state index in [9.17, 15) is 9.59 Å². The van der Waals surface area contributed by atoms with Gasteiger partial charge in [-0.1, -0.05) is 6.07 Å². The van der Waals surface area contributed by atoms with Crippen LogP contribution < -0.4 is 5.32 Å². The summed E-state index contributed by atoms with van der Waals surface area (Å²) in [5.74, 6) is -0.835. The summed E-state index contributed by atoms with van der Waals surface area (Å²) >= 11 is 0. The van der Waals surface area contributed by atoms with E-state index >= 15 is 0 Å². The van der Waals surface area contributed by atoms with Gasteiger partial charge in [0.25, 0.3) is 0 Å². The van der Waals surface area contributed by atoms with Crippen LogP contribution in [-0.2, 0) is 11.3 Å². The summed E-state index contributed by atoms with van der Waals surface area (Å²) in [6.07, 6.45) is 1.71. The Kier molecular flexibility index (Phi) is 5.10. The molecule has 7 nitrogen and oxygen atoms in total. The monoisotopic (exact) mass is 292 g/mol. The molecule has 1 aliphatic rings. The van der Waals surface area contributed by atoms with Gasteiger partial charge >= 0.3 is 12.0 Å². The zero-order valence-electron chi connectivity index (χ0n) is 12.1. The molecule has 7 heteroatoms. The molecule has 1 saturated heterocycles. The van der Waals surface area contributed by atoms with Crippen molar-refractivity contribution in [3.05, 3.63) is 29.6 Å². The van der Waals surface area contributed by atoms with E-state index in [0.717, 1.165) is 11.3 Å². The summed E-state index contributed by atoms with van der Waals surface area (Å²) in [6.45, 7) is 4.65. The molecule has 0 unspecified atom stereocenters. The number of hydrogen-bond donors (Lipinski definition) is 2. The first-order valence-electron chi connectivity index (χ1n) is 6.93. The number of hydrogen-bond acceptors (Lipinski definition) is 4. The van der Waals surface area contributed by atoms with Gasteiger partial charge in [0, 0.05) is 32.4 Å². The molecule has 0 bridgehead atoms. The van der Waals surface area contributed by atoms with Crippen LogP contribution in [0.1, 0.15) is 11.3 Å². The number of urea groups is 1. The number of rotatable bonds is 4. The fourth-order valence-corrected chi connectivity index (χ4v) is 2.27. The number of piperazine rings is 1. The molecular weight excluding hydrogens is 272 g/mol. The van der Waals surface area contributed by atoms with Gasteiger partial charge in [0.2, 0.25) is 0 Å². The smallest absolute Gasteiger partial charge is 0.317 e. The van der Waals surface area contributed by atoms with E-state index in [0.29, 0.717) is 32.7 Å². The number of carboxylic acids is 1. The number of pyridine rings is 1. The Balaban J connectivity index is 1.77. The summed E-state index contributed by atoms with van der Waals surface area (Å²) in [7, 11) is 0. The van der Waals surface area contributed by atoms with E-state index in [1.54, 1.807) is 11.1 Å². The lowest BCUT2D eigenvalue weighted by atomic mass is 10.2. The maximum atomic E-state index is 12.1. The SMILES string of the molecule is Cc1cccnc1CNC(=O)N1CCN(CC(=O)O)CC1. The Morgan fingerprint density at radius 1 is 1.33 bits per heavy atom. The molecule has 21 heavy (non-hydrogen) atoms. The van der Waals surface area contributed by atoms with Crippen LogP contribution in [0.2, 0.25) is 0 Å². The third kappa shape index (κ3) is 4.42. The van der Waals surface area contributed by atoms with Crippen molar-refractivity contribution >= 4 is 12.0 Å². The standard InChI is InChI=1S/C14H20N4O3/c1-11-3-2-4-15-12(11)9-16-14(21)18-7-5-17(6-8-18)10-13(19)20/h2-4H,5-10H2,1H3,(H,16,21)(H,19,20). The van der Waals surface area contributed by atoms with Crippen molar-refractivity contribution in [3.8, 4) is 0 Å². The molecule has 1 aromatic heterocycles. The lowest BCUT2D eigenvalue weighted by molar-refractivity contribution is -0.138. The highest BCUT2D eigenvalue weighted by Crippen LogP contribution is 2.05. The van der Waals surface area contributed by atoms with Crippen molar-refractivity contribution < 1.29 is 14.7 Å². The molecule has 0 spiro atoms. The Morgan fingerprint density at radius 3 is 2.67 bits per heavy atom. The number of nitrogens with zero attached hydrogens (tertiary/aromatic N) is 3. The zero-order chi connectivity index (χ0) is 15.2. The summed E-state index contributed by atoms with van der Waals surface area (Å²) in [4.78, 5) is 30.5. The normalized spacial score (nSPS) is 15.8. The molecule has 1 aromatic rings. The minimum atomic E-state index is -0.835. The van der Waals surface area contributed by atoms with Gasteiger partial charge in [-0.25, -0.2) is 4.79 Å². The third-order valence-corrected chi connectivity index (χ3v) is 3.54. The first-order chi connectivity index (χ1) is 10.1. The highest BCUT2D eigenvalue weighted by atomic mass is 16.4. The maximum absolute atomic E-state index is 12.1. The Labute approximate surface area is 123 Å². The largest absolute Gasteiger partial charge is 0.480 e. The summed E-state index contributed by atoms with van der Waals surface area (Å²) in [5, 5.41) is 11.6. The van der Waals surface area contributed by atoms with Crippen LogP contribution in [0.15, 0.2) is 18.3 Å². The van der Waals surface area contributed by atoms with E-state index in [2.05, 4.69) is 10.3 Å². The first kappa shape index (κ1) is 15.2. The van der Waals surface area contributed by atoms with Crippen LogP contribution >= 0.6 is 0 Å². The molecule has 2 N–H and O–H groups in total. The number of aliphatic carboxylic acids is 1. The lowest BCUT2D eigenvalue weighted by Gasteiger charge is -2.33. The molecule has 2 heterocycles. The Hall–Kier alpha value is -2.15. The number of carboxylic acid groups (broad SMARTS) is 1. The molecule has 114 valence electrons. The van der Waals surface area contributed by atoms with Gasteiger partial charge in [0.1, 0.15) is 0 Å². The number of amides is 2. The first-order valence-corrected chi connectivity index (χ1v) is 6.93. The van der Waals surface area contributed by atoms with Crippen molar-refractivity contribution in [3.63, 3.8) is 0 Å². The Morgan fingerprint density at radius 2 is 2.05 bits per heavy atom. The third-order valence-electron chi connectivity index (χ3n) is 3.54. The van der Waals surface area contributed by atoms with Gasteiger partial charge < -0.3 is 15.3 Å². The highest BCUT2D eigenvalue weighted by molar-refractivity contribution is 5.74. The molecule has 1 aliphatic heterocycles. The van der Waals surface area contributed by atoms with E-state index < -0.39 is 5.97 Å². The van der Waals surface area contributed by atoms with Crippen molar-refractivity contribution in [1.29, 1.82) is 0 Å².